The van der Waals surface area contributed by atoms with Crippen LogP contribution < -0.4 is 5.32 Å². The number of hydrogen-bond acceptors (Lipinski definition) is 5. The number of carbonyl (C=O) groups is 1. The zero-order chi connectivity index (χ0) is 16.9. The summed E-state index contributed by atoms with van der Waals surface area (Å²) < 4.78 is 0. The number of pyridine rings is 1. The predicted molar refractivity (Wildman–Crippen MR) is 95.9 cm³/mol. The highest BCUT2D eigenvalue weighted by Crippen LogP contribution is 2.41. The first kappa shape index (κ1) is 17.2. The Morgan fingerprint density at radius 1 is 1.46 bits per heavy atom. The molecule has 2 atom stereocenters. The van der Waals surface area contributed by atoms with Crippen molar-refractivity contribution in [3.05, 3.63) is 29.6 Å². The first-order valence-electron chi connectivity index (χ1n) is 8.59. The summed E-state index contributed by atoms with van der Waals surface area (Å²) in [6, 6.07) is 5.48. The molecule has 1 saturated carbocycles. The van der Waals surface area contributed by atoms with Gasteiger partial charge in [-0.25, -0.2) is 4.98 Å². The molecular weight excluding hydrogens is 320 g/mol. The third-order valence-electron chi connectivity index (χ3n) is 4.95. The van der Waals surface area contributed by atoms with Crippen LogP contribution in [0, 0.1) is 23.2 Å². The van der Waals surface area contributed by atoms with Crippen molar-refractivity contribution in [1.82, 2.24) is 15.2 Å². The Hall–Kier alpha value is -1.58. The first-order chi connectivity index (χ1) is 11.7. The number of nitrogens with zero attached hydrogens (tertiary/aromatic N) is 3. The van der Waals surface area contributed by atoms with Gasteiger partial charge in [-0.05, 0) is 61.8 Å². The summed E-state index contributed by atoms with van der Waals surface area (Å²) in [6.07, 6.45) is 7.44. The van der Waals surface area contributed by atoms with E-state index in [4.69, 9.17) is 5.26 Å². The number of rotatable bonds is 7. The summed E-state index contributed by atoms with van der Waals surface area (Å²) in [5.41, 5.74) is 0.868. The molecule has 2 fully saturated rings. The molecule has 128 valence electrons. The second-order valence-electron chi connectivity index (χ2n) is 6.73. The van der Waals surface area contributed by atoms with E-state index in [-0.39, 0.29) is 11.9 Å². The van der Waals surface area contributed by atoms with Crippen molar-refractivity contribution in [2.75, 3.05) is 31.6 Å². The molecule has 24 heavy (non-hydrogen) atoms. The minimum Gasteiger partial charge on any atom is -0.348 e. The number of amides is 1. The van der Waals surface area contributed by atoms with Crippen LogP contribution >= 0.6 is 11.8 Å². The predicted octanol–water partition coefficient (Wildman–Crippen LogP) is 2.15. The lowest BCUT2D eigenvalue weighted by molar-refractivity contribution is 0.0927. The van der Waals surface area contributed by atoms with Crippen LogP contribution in [0.1, 0.15) is 35.3 Å². The molecule has 1 N–H and O–H groups in total. The van der Waals surface area contributed by atoms with Crippen LogP contribution in [0.5, 0.6) is 0 Å². The molecule has 1 aromatic rings. The van der Waals surface area contributed by atoms with E-state index in [0.29, 0.717) is 17.2 Å². The second kappa shape index (κ2) is 8.00. The third-order valence-corrected chi connectivity index (χ3v) is 5.64. The lowest BCUT2D eigenvalue weighted by Gasteiger charge is -2.19. The van der Waals surface area contributed by atoms with Gasteiger partial charge in [0.2, 0.25) is 0 Å². The molecule has 0 spiro atoms. The van der Waals surface area contributed by atoms with Crippen molar-refractivity contribution in [1.29, 1.82) is 5.26 Å². The Balaban J connectivity index is 1.59. The molecule has 0 unspecified atom stereocenters. The summed E-state index contributed by atoms with van der Waals surface area (Å²) in [6.45, 7) is 3.18. The van der Waals surface area contributed by atoms with Crippen LogP contribution in [-0.4, -0.2) is 53.5 Å². The molecule has 1 aliphatic heterocycles. The number of hydrogen-bond donors (Lipinski definition) is 1. The van der Waals surface area contributed by atoms with Crippen molar-refractivity contribution in [2.45, 2.75) is 25.3 Å². The van der Waals surface area contributed by atoms with Crippen LogP contribution in [0.2, 0.25) is 0 Å². The average molecular weight is 344 g/mol. The summed E-state index contributed by atoms with van der Waals surface area (Å²) in [5, 5.41) is 12.0. The number of nitriles is 1. The van der Waals surface area contributed by atoms with E-state index in [9.17, 15) is 4.79 Å². The van der Waals surface area contributed by atoms with Gasteiger partial charge in [-0.3, -0.25) is 4.79 Å². The average Bonchev–Trinajstić information content (AvgIpc) is 3.37. The molecule has 1 saturated heterocycles. The van der Waals surface area contributed by atoms with Gasteiger partial charge in [-0.2, -0.15) is 17.0 Å². The molecule has 3 rings (SSSR count). The van der Waals surface area contributed by atoms with E-state index in [0.717, 1.165) is 25.6 Å². The van der Waals surface area contributed by atoms with Gasteiger partial charge >= 0.3 is 0 Å². The normalized spacial score (nSPS) is 23.8. The zero-order valence-electron chi connectivity index (χ0n) is 14.1. The van der Waals surface area contributed by atoms with Gasteiger partial charge in [0.05, 0.1) is 5.56 Å². The fourth-order valence-electron chi connectivity index (χ4n) is 3.53. The van der Waals surface area contributed by atoms with Crippen LogP contribution in [0.25, 0.3) is 0 Å². The maximum atomic E-state index is 12.5. The smallest absolute Gasteiger partial charge is 0.253 e. The van der Waals surface area contributed by atoms with Gasteiger partial charge in [0.1, 0.15) is 11.8 Å². The Bertz CT molecular complexity index is 608. The molecule has 0 bridgehead atoms. The minimum absolute atomic E-state index is 0.0754. The molecular formula is C18H24N4OS. The molecule has 2 heterocycles. The van der Waals surface area contributed by atoms with E-state index >= 15 is 0 Å². The van der Waals surface area contributed by atoms with Gasteiger partial charge in [-0.15, -0.1) is 0 Å². The molecule has 0 radical (unpaired) electrons. The van der Waals surface area contributed by atoms with E-state index in [2.05, 4.69) is 21.5 Å². The summed E-state index contributed by atoms with van der Waals surface area (Å²) >= 11 is 1.89. The summed E-state index contributed by atoms with van der Waals surface area (Å²) in [5.74, 6) is 2.47. The minimum atomic E-state index is -0.0754. The molecule has 6 heteroatoms. The van der Waals surface area contributed by atoms with Gasteiger partial charge in [0.25, 0.3) is 5.91 Å². The number of aromatic nitrogens is 1. The van der Waals surface area contributed by atoms with Crippen molar-refractivity contribution >= 4 is 17.7 Å². The molecule has 1 amide bonds. The van der Waals surface area contributed by atoms with Gasteiger partial charge in [-0.1, -0.05) is 0 Å². The van der Waals surface area contributed by atoms with Crippen molar-refractivity contribution < 1.29 is 4.79 Å². The topological polar surface area (TPSA) is 69.0 Å². The van der Waals surface area contributed by atoms with Crippen LogP contribution in [0.4, 0.5) is 0 Å². The molecule has 1 aliphatic carbocycles. The highest BCUT2D eigenvalue weighted by Gasteiger charge is 2.42. The number of carbonyl (C=O) groups excluding carboxylic acids is 1. The monoisotopic (exact) mass is 344 g/mol. The lowest BCUT2D eigenvalue weighted by Crippen LogP contribution is -2.41. The maximum Gasteiger partial charge on any atom is 0.253 e. The number of likely N-dealkylation sites (tertiary alicyclic amines) is 1. The van der Waals surface area contributed by atoms with Crippen molar-refractivity contribution in [3.63, 3.8) is 0 Å². The first-order valence-corrected chi connectivity index (χ1v) is 9.99. The van der Waals surface area contributed by atoms with Crippen LogP contribution in [0.15, 0.2) is 18.3 Å². The quantitative estimate of drug-likeness (QED) is 0.768. The van der Waals surface area contributed by atoms with Gasteiger partial charge in [0, 0.05) is 25.3 Å². The molecule has 0 aromatic carbocycles. The van der Waals surface area contributed by atoms with Gasteiger partial charge in [0.15, 0.2) is 0 Å². The SMILES string of the molecule is CSCCCN1C[C@@H](NC(=O)c2ccc(C#N)nc2)[C@H](C2CC2)C1. The Morgan fingerprint density at radius 2 is 2.29 bits per heavy atom. The standard InChI is InChI=1S/C18H24N4OS/c1-24-8-2-7-22-11-16(13-3-4-13)17(12-22)21-18(23)14-5-6-15(9-19)20-10-14/h5-6,10,13,16-17H,2-4,7-8,11-12H2,1H3,(H,21,23)/t16-,17+/m0/s1. The highest BCUT2D eigenvalue weighted by atomic mass is 32.2. The lowest BCUT2D eigenvalue weighted by atomic mass is 9.98. The van der Waals surface area contributed by atoms with Crippen LogP contribution in [0.3, 0.4) is 0 Å². The second-order valence-corrected chi connectivity index (χ2v) is 7.72. The van der Waals surface area contributed by atoms with Crippen LogP contribution in [-0.2, 0) is 0 Å². The van der Waals surface area contributed by atoms with Crippen molar-refractivity contribution in [2.24, 2.45) is 11.8 Å². The summed E-state index contributed by atoms with van der Waals surface area (Å²) in [7, 11) is 0. The number of nitrogens with one attached hydrogen (secondary N) is 1. The fourth-order valence-corrected chi connectivity index (χ4v) is 3.95. The fraction of sp³-hybridized carbons (Fsp3) is 0.611. The van der Waals surface area contributed by atoms with Crippen molar-refractivity contribution in [3.8, 4) is 6.07 Å². The largest absolute Gasteiger partial charge is 0.348 e. The van der Waals surface area contributed by atoms with E-state index in [1.807, 2.05) is 17.8 Å². The zero-order valence-corrected chi connectivity index (χ0v) is 14.9. The number of thioether (sulfide) groups is 1. The molecule has 1 aromatic heterocycles. The molecule has 2 aliphatic rings. The van der Waals surface area contributed by atoms with E-state index < -0.39 is 0 Å². The third kappa shape index (κ3) is 4.28. The summed E-state index contributed by atoms with van der Waals surface area (Å²) in [4.78, 5) is 19.0. The Morgan fingerprint density at radius 3 is 2.92 bits per heavy atom. The maximum absolute atomic E-state index is 12.5. The highest BCUT2D eigenvalue weighted by molar-refractivity contribution is 7.98. The van der Waals surface area contributed by atoms with E-state index in [1.54, 1.807) is 12.1 Å². The van der Waals surface area contributed by atoms with E-state index in [1.165, 1.54) is 31.2 Å². The Kier molecular flexibility index (Phi) is 5.75. The van der Waals surface area contributed by atoms with Gasteiger partial charge < -0.3 is 10.2 Å². The Labute approximate surface area is 147 Å². The molecule has 5 nitrogen and oxygen atoms in total.